The zero-order valence-corrected chi connectivity index (χ0v) is 16.9. The molecule has 154 valence electrons. The van der Waals surface area contributed by atoms with Gasteiger partial charge in [-0.15, -0.1) is 0 Å². The second-order valence-electron chi connectivity index (χ2n) is 7.74. The zero-order chi connectivity index (χ0) is 20.4. The average molecular weight is 397 g/mol. The highest BCUT2D eigenvalue weighted by molar-refractivity contribution is 6.06. The fraction of sp³-hybridized carbons (Fsp3) is 0.476. The third kappa shape index (κ3) is 3.60. The molecule has 2 saturated heterocycles. The lowest BCUT2D eigenvalue weighted by atomic mass is 9.85. The van der Waals surface area contributed by atoms with Crippen molar-refractivity contribution in [3.63, 3.8) is 0 Å². The number of nitrogens with one attached hydrogen (secondary N) is 1. The van der Waals surface area contributed by atoms with Crippen molar-refractivity contribution >= 4 is 11.9 Å². The number of aromatic amines is 1. The Morgan fingerprint density at radius 2 is 1.90 bits per heavy atom. The van der Waals surface area contributed by atoms with Crippen molar-refractivity contribution in [3.05, 3.63) is 48.0 Å². The molecule has 2 aromatic rings. The van der Waals surface area contributed by atoms with Gasteiger partial charge in [0.05, 0.1) is 13.7 Å². The molecule has 3 heterocycles. The quantitative estimate of drug-likeness (QED) is 0.753. The highest BCUT2D eigenvalue weighted by atomic mass is 16.5. The number of likely N-dealkylation sites (N-methyl/N-ethyl adjacent to an activating group) is 1. The Morgan fingerprint density at radius 3 is 2.52 bits per heavy atom. The monoisotopic (exact) mass is 397 g/mol. The van der Waals surface area contributed by atoms with Crippen LogP contribution < -0.4 is 4.74 Å². The molecule has 3 amide bonds. The Hall–Kier alpha value is -2.87. The summed E-state index contributed by atoms with van der Waals surface area (Å²) in [6.07, 6.45) is 5.55. The van der Waals surface area contributed by atoms with Crippen molar-refractivity contribution in [3.8, 4) is 5.75 Å². The number of benzene rings is 1. The first kappa shape index (κ1) is 19.4. The molecule has 8 heteroatoms. The second-order valence-corrected chi connectivity index (χ2v) is 7.74. The van der Waals surface area contributed by atoms with Gasteiger partial charge in [0.25, 0.3) is 5.91 Å². The van der Waals surface area contributed by atoms with Gasteiger partial charge in [0, 0.05) is 39.1 Å². The third-order valence-corrected chi connectivity index (χ3v) is 6.13. The molecule has 0 unspecified atom stereocenters. The van der Waals surface area contributed by atoms with Crippen molar-refractivity contribution in [2.75, 3.05) is 33.8 Å². The number of imide groups is 1. The first-order chi connectivity index (χ1) is 14.0. The van der Waals surface area contributed by atoms with Gasteiger partial charge in [-0.25, -0.2) is 9.78 Å². The molecule has 8 nitrogen and oxygen atoms in total. The van der Waals surface area contributed by atoms with Crippen molar-refractivity contribution in [2.45, 2.75) is 31.3 Å². The van der Waals surface area contributed by atoms with Crippen LogP contribution in [0.3, 0.4) is 0 Å². The minimum atomic E-state index is -0.724. The fourth-order valence-corrected chi connectivity index (χ4v) is 4.38. The Kier molecular flexibility index (Phi) is 5.27. The molecule has 1 N–H and O–H groups in total. The molecule has 0 saturated carbocycles. The van der Waals surface area contributed by atoms with Gasteiger partial charge in [0.15, 0.2) is 0 Å². The van der Waals surface area contributed by atoms with Crippen LogP contribution in [0.2, 0.25) is 0 Å². The van der Waals surface area contributed by atoms with E-state index in [1.807, 2.05) is 30.5 Å². The molecule has 29 heavy (non-hydrogen) atoms. The summed E-state index contributed by atoms with van der Waals surface area (Å²) in [6, 6.07) is 7.65. The molecule has 2 fully saturated rings. The lowest BCUT2D eigenvalue weighted by molar-refractivity contribution is -0.134. The summed E-state index contributed by atoms with van der Waals surface area (Å²) in [5.41, 5.74) is 0.392. The molecule has 0 bridgehead atoms. The van der Waals surface area contributed by atoms with Crippen LogP contribution in [0, 0.1) is 0 Å². The van der Waals surface area contributed by atoms with Crippen LogP contribution in [-0.4, -0.2) is 75.9 Å². The summed E-state index contributed by atoms with van der Waals surface area (Å²) in [4.78, 5) is 38.6. The Balaban J connectivity index is 1.45. The second kappa shape index (κ2) is 7.87. The largest absolute Gasteiger partial charge is 0.497 e. The number of amides is 3. The predicted octanol–water partition coefficient (Wildman–Crippen LogP) is 1.89. The maximum atomic E-state index is 13.0. The van der Waals surface area contributed by atoms with Crippen LogP contribution in [0.5, 0.6) is 5.75 Å². The van der Waals surface area contributed by atoms with Gasteiger partial charge in [-0.1, -0.05) is 12.1 Å². The molecule has 1 aromatic carbocycles. The van der Waals surface area contributed by atoms with E-state index in [1.165, 1.54) is 4.90 Å². The lowest BCUT2D eigenvalue weighted by Crippen LogP contribution is -2.56. The van der Waals surface area contributed by atoms with Crippen LogP contribution in [0.1, 0.15) is 24.2 Å². The molecule has 0 radical (unpaired) electrons. The number of methoxy groups -OCH3 is 1. The molecule has 2 aliphatic heterocycles. The number of piperidine rings is 1. The van der Waals surface area contributed by atoms with Crippen molar-refractivity contribution in [1.82, 2.24) is 24.7 Å². The van der Waals surface area contributed by atoms with Gasteiger partial charge in [0.2, 0.25) is 0 Å². The molecule has 1 spiro atoms. The molecular weight excluding hydrogens is 370 g/mol. The van der Waals surface area contributed by atoms with Crippen molar-refractivity contribution in [1.29, 1.82) is 0 Å². The lowest BCUT2D eigenvalue weighted by Gasteiger charge is -2.42. The van der Waals surface area contributed by atoms with Gasteiger partial charge >= 0.3 is 6.03 Å². The van der Waals surface area contributed by atoms with E-state index in [0.717, 1.165) is 36.8 Å². The van der Waals surface area contributed by atoms with Crippen LogP contribution in [-0.2, 0) is 17.8 Å². The first-order valence-corrected chi connectivity index (χ1v) is 9.97. The number of H-pyrrole nitrogens is 1. The van der Waals surface area contributed by atoms with Gasteiger partial charge in [-0.05, 0) is 37.0 Å². The Morgan fingerprint density at radius 1 is 1.17 bits per heavy atom. The van der Waals surface area contributed by atoms with Crippen LogP contribution >= 0.6 is 0 Å². The summed E-state index contributed by atoms with van der Waals surface area (Å²) in [5, 5.41) is 0. The van der Waals surface area contributed by atoms with E-state index < -0.39 is 5.54 Å². The van der Waals surface area contributed by atoms with E-state index in [4.69, 9.17) is 4.74 Å². The van der Waals surface area contributed by atoms with Gasteiger partial charge in [-0.3, -0.25) is 14.6 Å². The van der Waals surface area contributed by atoms with E-state index in [9.17, 15) is 9.59 Å². The number of hydrogen-bond donors (Lipinski definition) is 1. The summed E-state index contributed by atoms with van der Waals surface area (Å²) in [7, 11) is 3.23. The molecule has 4 rings (SSSR count). The van der Waals surface area contributed by atoms with E-state index >= 15 is 0 Å². The summed E-state index contributed by atoms with van der Waals surface area (Å²) in [6.45, 7) is 2.77. The SMILES string of the molecule is COc1ccc(CCN2C(=O)N(C)C(=O)C23CCN(Cc2ncc[nH]2)CC3)cc1. The number of likely N-dealkylation sites (tertiary alicyclic amines) is 1. The minimum absolute atomic E-state index is 0.0742. The van der Waals surface area contributed by atoms with E-state index in [0.29, 0.717) is 25.8 Å². The number of hydrogen-bond acceptors (Lipinski definition) is 5. The van der Waals surface area contributed by atoms with Crippen LogP contribution in [0.25, 0.3) is 0 Å². The number of nitrogens with zero attached hydrogens (tertiary/aromatic N) is 4. The highest BCUT2D eigenvalue weighted by Crippen LogP contribution is 2.37. The number of rotatable bonds is 6. The maximum absolute atomic E-state index is 13.0. The molecule has 0 aliphatic carbocycles. The van der Waals surface area contributed by atoms with E-state index in [1.54, 1.807) is 25.3 Å². The van der Waals surface area contributed by atoms with E-state index in [-0.39, 0.29) is 11.9 Å². The van der Waals surface area contributed by atoms with Crippen LogP contribution in [0.4, 0.5) is 4.79 Å². The Labute approximate surface area is 170 Å². The first-order valence-electron chi connectivity index (χ1n) is 9.97. The van der Waals surface area contributed by atoms with Gasteiger partial charge < -0.3 is 14.6 Å². The molecular formula is C21H27N5O3. The summed E-state index contributed by atoms with van der Waals surface area (Å²) in [5.74, 6) is 1.65. The molecule has 1 aromatic heterocycles. The van der Waals surface area contributed by atoms with Gasteiger partial charge in [0.1, 0.15) is 17.1 Å². The summed E-state index contributed by atoms with van der Waals surface area (Å²) < 4.78 is 5.20. The van der Waals surface area contributed by atoms with E-state index in [2.05, 4.69) is 14.9 Å². The normalized spacial score (nSPS) is 19.4. The minimum Gasteiger partial charge on any atom is -0.497 e. The smallest absolute Gasteiger partial charge is 0.327 e. The topological polar surface area (TPSA) is 81.8 Å². The van der Waals surface area contributed by atoms with Crippen molar-refractivity contribution < 1.29 is 14.3 Å². The number of carbonyl (C=O) groups excluding carboxylic acids is 2. The number of imidazole rings is 1. The van der Waals surface area contributed by atoms with Crippen LogP contribution in [0.15, 0.2) is 36.7 Å². The third-order valence-electron chi connectivity index (χ3n) is 6.13. The number of carbonyl (C=O) groups is 2. The number of ether oxygens (including phenoxy) is 1. The fourth-order valence-electron chi connectivity index (χ4n) is 4.38. The standard InChI is InChI=1S/C21H27N5O3/c1-24-19(27)21(8-13-25(14-9-21)15-18-22-10-11-23-18)26(20(24)28)12-7-16-3-5-17(29-2)6-4-16/h3-6,10-11H,7-9,12-15H2,1-2H3,(H,22,23). The zero-order valence-electron chi connectivity index (χ0n) is 16.9. The molecule has 0 atom stereocenters. The number of urea groups is 1. The maximum Gasteiger partial charge on any atom is 0.327 e. The number of aromatic nitrogens is 2. The highest BCUT2D eigenvalue weighted by Gasteiger charge is 2.56. The average Bonchev–Trinajstić information content (AvgIpc) is 3.32. The van der Waals surface area contributed by atoms with Gasteiger partial charge in [-0.2, -0.15) is 0 Å². The predicted molar refractivity (Wildman–Crippen MR) is 107 cm³/mol. The summed E-state index contributed by atoms with van der Waals surface area (Å²) >= 11 is 0. The van der Waals surface area contributed by atoms with Crippen molar-refractivity contribution in [2.24, 2.45) is 0 Å². The molecule has 2 aliphatic rings. The Bertz CT molecular complexity index is 857.